The van der Waals surface area contributed by atoms with E-state index < -0.39 is 0 Å². The molecule has 0 radical (unpaired) electrons. The molecule has 0 aliphatic heterocycles. The van der Waals surface area contributed by atoms with Crippen LogP contribution in [0.5, 0.6) is 0 Å². The van der Waals surface area contributed by atoms with Crippen LogP contribution in [0.15, 0.2) is 48.5 Å². The average molecular weight is 346 g/mol. The molecule has 22 heavy (non-hydrogen) atoms. The Morgan fingerprint density at radius 3 is 2.68 bits per heavy atom. The molecule has 3 rings (SSSR count). The van der Waals surface area contributed by atoms with E-state index >= 15 is 0 Å². The van der Waals surface area contributed by atoms with Gasteiger partial charge in [-0.3, -0.25) is 0 Å². The van der Waals surface area contributed by atoms with Gasteiger partial charge in [0, 0.05) is 11.3 Å². The summed E-state index contributed by atoms with van der Waals surface area (Å²) >= 11 is 8.40. The number of fused-ring (bicyclic) bond motifs is 1. The Labute approximate surface area is 143 Å². The Hall–Kier alpha value is -1.43. The molecule has 3 aromatic rings. The zero-order valence-electron chi connectivity index (χ0n) is 12.1. The zero-order valence-corrected chi connectivity index (χ0v) is 14.6. The normalized spacial score (nSPS) is 10.8. The molecule has 0 saturated carbocycles. The van der Waals surface area contributed by atoms with Crippen LogP contribution in [-0.2, 0) is 10.5 Å². The number of thioether (sulfide) groups is 1. The van der Waals surface area contributed by atoms with Crippen molar-refractivity contribution in [2.75, 3.05) is 6.61 Å². The summed E-state index contributed by atoms with van der Waals surface area (Å²) in [6.07, 6.45) is 0. The Balaban J connectivity index is 1.72. The number of aromatic nitrogens is 1. The first-order valence-corrected chi connectivity index (χ1v) is 9.21. The molecule has 0 spiro atoms. The van der Waals surface area contributed by atoms with Gasteiger partial charge in [-0.2, -0.15) is 0 Å². The number of hydrogen-bond acceptors (Lipinski definition) is 5. The molecule has 0 saturated heterocycles. The lowest BCUT2D eigenvalue weighted by atomic mass is 10.2. The molecule has 2 aromatic carbocycles. The van der Waals surface area contributed by atoms with Crippen LogP contribution in [-0.4, -0.2) is 16.0 Å². The third kappa shape index (κ3) is 3.66. The first-order chi connectivity index (χ1) is 10.8. The van der Waals surface area contributed by atoms with E-state index in [1.54, 1.807) is 23.1 Å². The first-order valence-electron chi connectivity index (χ1n) is 7.00. The molecule has 0 aliphatic rings. The number of hydrogen-bond donors (Lipinski definition) is 0. The molecular formula is C17H15NOS3. The number of rotatable bonds is 4. The van der Waals surface area contributed by atoms with Crippen LogP contribution in [0.1, 0.15) is 12.5 Å². The largest absolute Gasteiger partial charge is 0.479 e. The Bertz CT molecular complexity index is 747. The van der Waals surface area contributed by atoms with Crippen LogP contribution >= 0.6 is 35.3 Å². The predicted octanol–water partition coefficient (Wildman–Crippen LogP) is 5.52. The summed E-state index contributed by atoms with van der Waals surface area (Å²) < 4.78 is 7.11. The van der Waals surface area contributed by atoms with Gasteiger partial charge in [-0.25, -0.2) is 4.98 Å². The average Bonchev–Trinajstić information content (AvgIpc) is 2.98. The smallest absolute Gasteiger partial charge is 0.220 e. The van der Waals surface area contributed by atoms with Gasteiger partial charge in [-0.1, -0.05) is 48.2 Å². The number of nitrogens with zero attached hydrogens (tertiary/aromatic N) is 1. The second kappa shape index (κ2) is 7.22. The van der Waals surface area contributed by atoms with Crippen molar-refractivity contribution in [2.24, 2.45) is 0 Å². The van der Waals surface area contributed by atoms with Crippen LogP contribution in [0, 0.1) is 0 Å². The summed E-state index contributed by atoms with van der Waals surface area (Å²) in [5, 5.41) is 1.06. The molecule has 112 valence electrons. The second-order valence-electron chi connectivity index (χ2n) is 4.66. The van der Waals surface area contributed by atoms with E-state index in [-0.39, 0.29) is 0 Å². The topological polar surface area (TPSA) is 22.1 Å². The molecule has 0 fully saturated rings. The monoisotopic (exact) mass is 345 g/mol. The summed E-state index contributed by atoms with van der Waals surface area (Å²) in [5.41, 5.74) is 3.45. The van der Waals surface area contributed by atoms with Gasteiger partial charge in [0.1, 0.15) is 5.01 Å². The maximum atomic E-state index is 5.28. The molecule has 0 aliphatic carbocycles. The number of thiazole rings is 1. The van der Waals surface area contributed by atoms with Crippen LogP contribution in [0.2, 0.25) is 0 Å². The van der Waals surface area contributed by atoms with Crippen molar-refractivity contribution in [3.8, 4) is 10.6 Å². The van der Waals surface area contributed by atoms with Gasteiger partial charge in [0.25, 0.3) is 0 Å². The molecule has 0 bridgehead atoms. The molecule has 1 aromatic heterocycles. The molecular weight excluding hydrogens is 330 g/mol. The molecule has 0 N–H and O–H groups in total. The first kappa shape index (κ1) is 15.5. The number of benzene rings is 2. The van der Waals surface area contributed by atoms with Gasteiger partial charge in [-0.05, 0) is 36.8 Å². The summed E-state index contributed by atoms with van der Waals surface area (Å²) in [4.78, 5) is 4.68. The predicted molar refractivity (Wildman–Crippen MR) is 101 cm³/mol. The van der Waals surface area contributed by atoms with Gasteiger partial charge in [0.2, 0.25) is 4.38 Å². The van der Waals surface area contributed by atoms with Gasteiger partial charge in [-0.15, -0.1) is 11.3 Å². The minimum Gasteiger partial charge on any atom is -0.479 e. The van der Waals surface area contributed by atoms with E-state index in [1.165, 1.54) is 10.3 Å². The number of para-hydroxylation sites is 1. The zero-order chi connectivity index (χ0) is 15.4. The van der Waals surface area contributed by atoms with Crippen molar-refractivity contribution in [2.45, 2.75) is 12.7 Å². The van der Waals surface area contributed by atoms with Crippen molar-refractivity contribution in [3.05, 3.63) is 54.1 Å². The van der Waals surface area contributed by atoms with E-state index in [1.807, 2.05) is 19.1 Å². The molecule has 0 atom stereocenters. The van der Waals surface area contributed by atoms with Gasteiger partial charge in [0.05, 0.1) is 16.8 Å². The molecule has 0 amide bonds. The van der Waals surface area contributed by atoms with Gasteiger partial charge in [0.15, 0.2) is 0 Å². The standard InChI is InChI=1S/C17H15NOS3/c1-2-19-17(20)21-11-12-7-9-13(10-8-12)16-18-14-5-3-4-6-15(14)22-16/h3-10H,2,11H2,1H3. The summed E-state index contributed by atoms with van der Waals surface area (Å²) in [7, 11) is 0. The van der Waals surface area contributed by atoms with Crippen LogP contribution < -0.4 is 0 Å². The van der Waals surface area contributed by atoms with Gasteiger partial charge >= 0.3 is 0 Å². The molecule has 0 unspecified atom stereocenters. The van der Waals surface area contributed by atoms with Crippen molar-refractivity contribution in [1.29, 1.82) is 0 Å². The maximum absolute atomic E-state index is 5.28. The minimum absolute atomic E-state index is 0.609. The fraction of sp³-hybridized carbons (Fsp3) is 0.176. The molecule has 5 heteroatoms. The SMILES string of the molecule is CCOC(=S)SCc1ccc(-c2nc3ccccc3s2)cc1. The summed E-state index contributed by atoms with van der Waals surface area (Å²) in [6.45, 7) is 2.57. The van der Waals surface area contributed by atoms with Crippen LogP contribution in [0.25, 0.3) is 20.8 Å². The van der Waals surface area contributed by atoms with Crippen molar-refractivity contribution >= 4 is 49.9 Å². The highest BCUT2D eigenvalue weighted by Crippen LogP contribution is 2.30. The Morgan fingerprint density at radius 1 is 1.18 bits per heavy atom. The number of ether oxygens (including phenoxy) is 1. The van der Waals surface area contributed by atoms with Crippen LogP contribution in [0.3, 0.4) is 0 Å². The molecule has 1 heterocycles. The van der Waals surface area contributed by atoms with E-state index in [9.17, 15) is 0 Å². The lowest BCUT2D eigenvalue weighted by Gasteiger charge is -2.04. The quantitative estimate of drug-likeness (QED) is 0.581. The highest BCUT2D eigenvalue weighted by molar-refractivity contribution is 8.22. The Morgan fingerprint density at radius 2 is 1.95 bits per heavy atom. The van der Waals surface area contributed by atoms with E-state index in [2.05, 4.69) is 41.4 Å². The van der Waals surface area contributed by atoms with Crippen molar-refractivity contribution < 1.29 is 4.74 Å². The Kier molecular flexibility index (Phi) is 5.08. The fourth-order valence-electron chi connectivity index (χ4n) is 2.04. The molecule has 2 nitrogen and oxygen atoms in total. The highest BCUT2D eigenvalue weighted by atomic mass is 32.2. The lowest BCUT2D eigenvalue weighted by molar-refractivity contribution is 0.346. The van der Waals surface area contributed by atoms with Crippen molar-refractivity contribution in [1.82, 2.24) is 4.98 Å². The lowest BCUT2D eigenvalue weighted by Crippen LogP contribution is -1.96. The van der Waals surface area contributed by atoms with Crippen LogP contribution in [0.4, 0.5) is 0 Å². The number of thiocarbonyl (C=S) groups is 1. The van der Waals surface area contributed by atoms with Gasteiger partial charge < -0.3 is 4.74 Å². The fourth-order valence-corrected chi connectivity index (χ4v) is 3.98. The minimum atomic E-state index is 0.609. The maximum Gasteiger partial charge on any atom is 0.220 e. The van der Waals surface area contributed by atoms with E-state index in [0.29, 0.717) is 11.0 Å². The summed E-state index contributed by atoms with van der Waals surface area (Å²) in [5.74, 6) is 0.832. The van der Waals surface area contributed by atoms with Crippen molar-refractivity contribution in [3.63, 3.8) is 0 Å². The van der Waals surface area contributed by atoms with E-state index in [0.717, 1.165) is 21.8 Å². The third-order valence-corrected chi connectivity index (χ3v) is 5.50. The highest BCUT2D eigenvalue weighted by Gasteiger charge is 2.06. The summed E-state index contributed by atoms with van der Waals surface area (Å²) in [6, 6.07) is 16.7. The third-order valence-electron chi connectivity index (χ3n) is 3.11. The second-order valence-corrected chi connectivity index (χ2v) is 7.26. The van der Waals surface area contributed by atoms with E-state index in [4.69, 9.17) is 17.0 Å².